The van der Waals surface area contributed by atoms with Crippen LogP contribution in [0.1, 0.15) is 25.3 Å². The number of carbonyl (C=O) groups is 1. The normalized spacial score (nSPS) is 27.2. The quantitative estimate of drug-likeness (QED) is 0.447. The van der Waals surface area contributed by atoms with E-state index in [9.17, 15) is 9.90 Å². The Hall–Kier alpha value is -1.79. The first kappa shape index (κ1) is 20.5. The van der Waals surface area contributed by atoms with Crippen LogP contribution in [0.2, 0.25) is 0 Å². The van der Waals surface area contributed by atoms with Gasteiger partial charge in [-0.3, -0.25) is 0 Å². The second-order valence-corrected chi connectivity index (χ2v) is 6.95. The summed E-state index contributed by atoms with van der Waals surface area (Å²) in [6.07, 6.45) is 6.04. The van der Waals surface area contributed by atoms with Gasteiger partial charge in [-0.2, -0.15) is 0 Å². The number of rotatable bonds is 7. The average molecular weight is 359 g/mol. The lowest BCUT2D eigenvalue weighted by Gasteiger charge is -2.50. The van der Waals surface area contributed by atoms with Crippen molar-refractivity contribution in [3.63, 3.8) is 0 Å². The number of nitrogens with zero attached hydrogens (tertiary/aromatic N) is 1. The highest BCUT2D eigenvalue weighted by Gasteiger charge is 2.45. The molecular weight excluding hydrogens is 329 g/mol. The smallest absolute Gasteiger partial charge is 0.330 e. The summed E-state index contributed by atoms with van der Waals surface area (Å²) in [5.41, 5.74) is 0.367. The summed E-state index contributed by atoms with van der Waals surface area (Å²) >= 11 is 0. The zero-order valence-corrected chi connectivity index (χ0v) is 14.8. The molecule has 1 unspecified atom stereocenters. The lowest BCUT2D eigenvalue weighted by Crippen LogP contribution is -2.61. The molecule has 1 aromatic carbocycles. The number of allylic oxidation sites excluding steroid dienone is 1. The second kappa shape index (κ2) is 9.24. The van der Waals surface area contributed by atoms with Gasteiger partial charge in [0, 0.05) is 12.6 Å². The molecule has 3 fully saturated rings. The van der Waals surface area contributed by atoms with Crippen LogP contribution in [0.3, 0.4) is 0 Å². The van der Waals surface area contributed by atoms with Crippen LogP contribution in [0, 0.1) is 5.92 Å². The topological polar surface area (TPSA) is 59.0 Å². The number of benzene rings is 1. The molecular formula is C20H30BNO4. The van der Waals surface area contributed by atoms with Crippen LogP contribution >= 0.6 is 0 Å². The van der Waals surface area contributed by atoms with Crippen LogP contribution in [0.4, 0.5) is 0 Å². The molecule has 0 saturated carbocycles. The highest BCUT2D eigenvalue weighted by Crippen LogP contribution is 2.36. The van der Waals surface area contributed by atoms with Gasteiger partial charge in [0.25, 0.3) is 0 Å². The van der Waals surface area contributed by atoms with Crippen LogP contribution in [0.5, 0.6) is 5.75 Å². The van der Waals surface area contributed by atoms with Crippen molar-refractivity contribution in [1.29, 1.82) is 0 Å². The number of hydrogen-bond donors (Lipinski definition) is 1. The predicted molar refractivity (Wildman–Crippen MR) is 105 cm³/mol. The Morgan fingerprint density at radius 2 is 2.00 bits per heavy atom. The van der Waals surface area contributed by atoms with Crippen LogP contribution in [-0.4, -0.2) is 62.8 Å². The Labute approximate surface area is 157 Å². The Morgan fingerprint density at radius 1 is 1.31 bits per heavy atom. The number of esters is 1. The standard InChI is InChI=1S/C20H27NO4.BH3/c1-2-24-19(22)5-3-4-16-6-8-18(9-7-16)25-15-20(23)14-21-12-10-17(20)11-13-21;/h3,5-9,17,23H,2,4,10-15H2,1H3;1H3/b5-3+;. The molecule has 1 N–H and O–H groups in total. The van der Waals surface area contributed by atoms with Gasteiger partial charge in [-0.05, 0) is 62.9 Å². The van der Waals surface area contributed by atoms with Gasteiger partial charge in [0.15, 0.2) is 0 Å². The van der Waals surface area contributed by atoms with Gasteiger partial charge in [0.1, 0.15) is 18.0 Å². The number of carbonyl (C=O) groups excluding carboxylic acids is 1. The monoisotopic (exact) mass is 359 g/mol. The Kier molecular flexibility index (Phi) is 7.29. The van der Waals surface area contributed by atoms with E-state index in [1.807, 2.05) is 24.3 Å². The molecule has 6 heteroatoms. The molecule has 142 valence electrons. The van der Waals surface area contributed by atoms with E-state index in [-0.39, 0.29) is 14.4 Å². The van der Waals surface area contributed by atoms with Crippen LogP contribution in [0.25, 0.3) is 0 Å². The van der Waals surface area contributed by atoms with E-state index in [0.717, 1.165) is 37.2 Å². The van der Waals surface area contributed by atoms with Crippen LogP contribution < -0.4 is 4.74 Å². The van der Waals surface area contributed by atoms with Crippen molar-refractivity contribution in [2.24, 2.45) is 5.92 Å². The lowest BCUT2D eigenvalue weighted by molar-refractivity contribution is -0.137. The van der Waals surface area contributed by atoms with Crippen molar-refractivity contribution >= 4 is 14.4 Å². The van der Waals surface area contributed by atoms with Crippen molar-refractivity contribution in [2.75, 3.05) is 32.8 Å². The first-order valence-corrected chi connectivity index (χ1v) is 9.09. The van der Waals surface area contributed by atoms with Gasteiger partial charge in [0.2, 0.25) is 0 Å². The van der Waals surface area contributed by atoms with E-state index in [4.69, 9.17) is 9.47 Å². The summed E-state index contributed by atoms with van der Waals surface area (Å²) < 4.78 is 10.7. The van der Waals surface area contributed by atoms with Crippen molar-refractivity contribution < 1.29 is 19.4 Å². The number of hydrogen-bond acceptors (Lipinski definition) is 5. The number of fused-ring (bicyclic) bond motifs is 3. The fourth-order valence-corrected chi connectivity index (χ4v) is 3.72. The fourth-order valence-electron chi connectivity index (χ4n) is 3.72. The number of aliphatic hydroxyl groups is 1. The van der Waals surface area contributed by atoms with E-state index >= 15 is 0 Å². The molecule has 4 rings (SSSR count). The summed E-state index contributed by atoms with van der Waals surface area (Å²) in [6, 6.07) is 7.79. The van der Waals surface area contributed by atoms with Crippen molar-refractivity contribution in [2.45, 2.75) is 31.8 Å². The van der Waals surface area contributed by atoms with E-state index < -0.39 is 5.60 Å². The first-order chi connectivity index (χ1) is 12.1. The third-order valence-corrected chi connectivity index (χ3v) is 5.15. The molecule has 0 radical (unpaired) electrons. The van der Waals surface area contributed by atoms with Gasteiger partial charge >= 0.3 is 5.97 Å². The van der Waals surface area contributed by atoms with Crippen molar-refractivity contribution in [1.82, 2.24) is 4.90 Å². The van der Waals surface area contributed by atoms with Gasteiger partial charge < -0.3 is 19.5 Å². The largest absolute Gasteiger partial charge is 0.491 e. The Bertz CT molecular complexity index is 611. The molecule has 26 heavy (non-hydrogen) atoms. The summed E-state index contributed by atoms with van der Waals surface area (Å²) in [4.78, 5) is 13.6. The predicted octanol–water partition coefficient (Wildman–Crippen LogP) is 1.000. The minimum absolute atomic E-state index is 0. The average Bonchev–Trinajstić information content (AvgIpc) is 2.62. The Morgan fingerprint density at radius 3 is 2.58 bits per heavy atom. The van der Waals surface area contributed by atoms with Gasteiger partial charge in [-0.1, -0.05) is 18.2 Å². The molecule has 3 aliphatic heterocycles. The highest BCUT2D eigenvalue weighted by atomic mass is 16.5. The molecule has 3 aliphatic rings. The second-order valence-electron chi connectivity index (χ2n) is 6.95. The van der Waals surface area contributed by atoms with Gasteiger partial charge in [0.05, 0.1) is 15.0 Å². The van der Waals surface area contributed by atoms with Gasteiger partial charge in [-0.25, -0.2) is 4.79 Å². The maximum absolute atomic E-state index is 11.3. The minimum Gasteiger partial charge on any atom is -0.491 e. The lowest BCUT2D eigenvalue weighted by atomic mass is 9.76. The molecule has 3 saturated heterocycles. The first-order valence-electron chi connectivity index (χ1n) is 9.09. The molecule has 0 aliphatic carbocycles. The third-order valence-electron chi connectivity index (χ3n) is 5.15. The molecule has 0 aromatic heterocycles. The summed E-state index contributed by atoms with van der Waals surface area (Å²) in [5.74, 6) is 0.806. The zero-order chi connectivity index (χ0) is 17.7. The summed E-state index contributed by atoms with van der Waals surface area (Å²) in [7, 11) is 0. The maximum atomic E-state index is 11.3. The van der Waals surface area contributed by atoms with Crippen LogP contribution in [0.15, 0.2) is 36.4 Å². The van der Waals surface area contributed by atoms with E-state index in [0.29, 0.717) is 32.1 Å². The molecule has 5 nitrogen and oxygen atoms in total. The fraction of sp³-hybridized carbons (Fsp3) is 0.550. The highest BCUT2D eigenvalue weighted by molar-refractivity contribution is 5.81. The van der Waals surface area contributed by atoms with Crippen LogP contribution in [-0.2, 0) is 16.0 Å². The SMILES string of the molecule is B.CCOC(=O)/C=C/Cc1ccc(OCC2(O)CN3CCC2CC3)cc1. The number of piperidine rings is 3. The van der Waals surface area contributed by atoms with Gasteiger partial charge in [-0.15, -0.1) is 0 Å². The van der Waals surface area contributed by atoms with Crippen molar-refractivity contribution in [3.05, 3.63) is 42.0 Å². The minimum atomic E-state index is -0.725. The van der Waals surface area contributed by atoms with Crippen molar-refractivity contribution in [3.8, 4) is 5.75 Å². The number of ether oxygens (including phenoxy) is 2. The molecule has 0 amide bonds. The molecule has 3 heterocycles. The molecule has 1 aromatic rings. The summed E-state index contributed by atoms with van der Waals surface area (Å²) in [6.45, 7) is 5.43. The molecule has 0 spiro atoms. The molecule has 2 bridgehead atoms. The molecule has 1 atom stereocenters. The summed E-state index contributed by atoms with van der Waals surface area (Å²) in [5, 5.41) is 10.9. The third kappa shape index (κ3) is 5.11. The van der Waals surface area contributed by atoms with E-state index in [1.54, 1.807) is 13.0 Å². The van der Waals surface area contributed by atoms with E-state index in [1.165, 1.54) is 6.08 Å². The van der Waals surface area contributed by atoms with E-state index in [2.05, 4.69) is 4.90 Å². The Balaban J connectivity index is 0.00000243. The zero-order valence-electron chi connectivity index (χ0n) is 14.8. The maximum Gasteiger partial charge on any atom is 0.330 e.